The third-order valence-corrected chi connectivity index (χ3v) is 3.75. The largest absolute Gasteiger partial charge is 0.221 e. The number of hydrogen-bond donors (Lipinski definition) is 1. The Bertz CT molecular complexity index is 115. The average Bonchev–Trinajstić information content (AvgIpc) is 2.21. The molecule has 0 heterocycles. The van der Waals surface area contributed by atoms with Gasteiger partial charge in [-0.2, -0.15) is 0 Å². The zero-order valence-corrected chi connectivity index (χ0v) is 10.5. The maximum absolute atomic E-state index is 7.85. The lowest BCUT2D eigenvalue weighted by Crippen LogP contribution is -1.91. The minimum atomic E-state index is 0.273. The number of unbranched alkanes of at least 4 members (excludes halogenated alkanes) is 2. The van der Waals surface area contributed by atoms with Gasteiger partial charge in [-0.15, -0.1) is 0 Å². The van der Waals surface area contributed by atoms with Crippen molar-refractivity contribution in [2.75, 3.05) is 6.61 Å². The minimum absolute atomic E-state index is 0.273. The van der Waals surface area contributed by atoms with Gasteiger partial charge in [0.05, 0.1) is 6.61 Å². The maximum atomic E-state index is 7.85. The second-order valence-electron chi connectivity index (χ2n) is 3.36. The third-order valence-electron chi connectivity index (χ3n) is 2.04. The minimum Gasteiger partial charge on any atom is -0.221 e. The van der Waals surface area contributed by atoms with Gasteiger partial charge in [0.25, 0.3) is 0 Å². The summed E-state index contributed by atoms with van der Waals surface area (Å²) in [7, 11) is 0.273. The molecule has 0 atom stereocenters. The summed E-state index contributed by atoms with van der Waals surface area (Å²) >= 11 is 0. The molecule has 1 N–H and O–H groups in total. The maximum Gasteiger partial charge on any atom is 0.0856 e. The smallest absolute Gasteiger partial charge is 0.0856 e. The van der Waals surface area contributed by atoms with Crippen molar-refractivity contribution in [3.8, 4) is 0 Å². The third kappa shape index (κ3) is 11.8. The summed E-state index contributed by atoms with van der Waals surface area (Å²) < 4.78 is 0. The van der Waals surface area contributed by atoms with Crippen LogP contribution in [-0.2, 0) is 9.93 Å². The highest BCUT2D eigenvalue weighted by Crippen LogP contribution is 2.00. The van der Waals surface area contributed by atoms with Crippen molar-refractivity contribution in [1.29, 1.82) is 0 Å². The van der Waals surface area contributed by atoms with Crippen molar-refractivity contribution in [2.45, 2.75) is 44.7 Å². The monoisotopic (exact) mass is 218 g/mol. The van der Waals surface area contributed by atoms with E-state index < -0.39 is 0 Å². The second kappa shape index (κ2) is 12.8. The van der Waals surface area contributed by atoms with Crippen molar-refractivity contribution in [3.05, 3.63) is 12.2 Å². The molecule has 0 amide bonds. The summed E-state index contributed by atoms with van der Waals surface area (Å²) in [6, 6.07) is 2.91. The van der Waals surface area contributed by atoms with E-state index in [1.807, 2.05) is 0 Å². The first-order chi connectivity index (χ1) is 6.91. The van der Waals surface area contributed by atoms with Crippen LogP contribution >= 0.6 is 0 Å². The van der Waals surface area contributed by atoms with Crippen LogP contribution in [0.4, 0.5) is 0 Å². The normalized spacial score (nSPS) is 12.1. The van der Waals surface area contributed by atoms with E-state index in [0.717, 1.165) is 12.8 Å². The summed E-state index contributed by atoms with van der Waals surface area (Å²) in [5.41, 5.74) is 0. The lowest BCUT2D eigenvalue weighted by molar-refractivity contribution is -0.490. The first-order valence-electron chi connectivity index (χ1n) is 5.49. The van der Waals surface area contributed by atoms with Crippen molar-refractivity contribution in [1.82, 2.24) is 0 Å². The lowest BCUT2D eigenvalue weighted by Gasteiger charge is -1.95. The van der Waals surface area contributed by atoms with Gasteiger partial charge < -0.3 is 0 Å². The van der Waals surface area contributed by atoms with E-state index in [9.17, 15) is 0 Å². The molecule has 0 saturated heterocycles. The predicted octanol–water partition coefficient (Wildman–Crippen LogP) is 2.55. The number of allylic oxidation sites excluding steroid dienone is 2. The van der Waals surface area contributed by atoms with Crippen LogP contribution in [0.1, 0.15) is 32.6 Å². The average molecular weight is 218 g/mol. The van der Waals surface area contributed by atoms with Gasteiger partial charge in [0.1, 0.15) is 0 Å². The highest BCUT2D eigenvalue weighted by molar-refractivity contribution is 6.35. The van der Waals surface area contributed by atoms with E-state index >= 15 is 0 Å². The van der Waals surface area contributed by atoms with Crippen LogP contribution in [0, 0.1) is 0 Å². The van der Waals surface area contributed by atoms with Crippen LogP contribution in [0.25, 0.3) is 0 Å². The summed E-state index contributed by atoms with van der Waals surface area (Å²) in [6.07, 6.45) is 8.87. The van der Waals surface area contributed by atoms with Crippen molar-refractivity contribution >= 4 is 9.52 Å². The Hall–Kier alpha value is -0.163. The highest BCUT2D eigenvalue weighted by atomic mass is 28.2. The lowest BCUT2D eigenvalue weighted by atomic mass is 10.2. The Morgan fingerprint density at radius 3 is 2.57 bits per heavy atom. The molecule has 0 aromatic carbocycles. The zero-order valence-electron chi connectivity index (χ0n) is 9.08. The van der Waals surface area contributed by atoms with E-state index in [1.165, 1.54) is 24.9 Å². The first kappa shape index (κ1) is 13.8. The summed E-state index contributed by atoms with van der Waals surface area (Å²) in [4.78, 5) is 4.32. The Kier molecular flexibility index (Phi) is 12.7. The summed E-state index contributed by atoms with van der Waals surface area (Å²) in [5, 5.41) is 11.3. The molecule has 0 aromatic rings. The SMILES string of the molecule is CC[SiH2]CCCC=CCCCOOO. The van der Waals surface area contributed by atoms with Crippen LogP contribution in [0.5, 0.6) is 0 Å². The molecule has 0 rings (SSSR count). The molecule has 84 valence electrons. The van der Waals surface area contributed by atoms with Gasteiger partial charge >= 0.3 is 0 Å². The van der Waals surface area contributed by atoms with Crippen molar-refractivity contribution < 1.29 is 15.2 Å². The van der Waals surface area contributed by atoms with Gasteiger partial charge in [-0.1, -0.05) is 42.6 Å². The molecule has 14 heavy (non-hydrogen) atoms. The molecule has 0 aliphatic rings. The topological polar surface area (TPSA) is 38.7 Å². The molecule has 0 aromatic heterocycles. The van der Waals surface area contributed by atoms with Crippen molar-refractivity contribution in [3.63, 3.8) is 0 Å². The molecule has 4 heteroatoms. The molecule has 0 radical (unpaired) electrons. The summed E-state index contributed by atoms with van der Waals surface area (Å²) in [6.45, 7) is 2.73. The molecule has 0 saturated carbocycles. The van der Waals surface area contributed by atoms with Gasteiger partial charge in [0.15, 0.2) is 0 Å². The molecule has 0 spiro atoms. The van der Waals surface area contributed by atoms with E-state index in [4.69, 9.17) is 5.26 Å². The van der Waals surface area contributed by atoms with E-state index in [-0.39, 0.29) is 9.52 Å². The van der Waals surface area contributed by atoms with E-state index in [2.05, 4.69) is 29.0 Å². The second-order valence-corrected chi connectivity index (χ2v) is 5.77. The Morgan fingerprint density at radius 2 is 1.93 bits per heavy atom. The number of rotatable bonds is 10. The van der Waals surface area contributed by atoms with Gasteiger partial charge in [-0.3, -0.25) is 0 Å². The standard InChI is InChI=1S/C10H22O3Si/c1-2-14-10-8-6-4-3-5-7-9-12-13-11/h3-4,11H,2,5-10,14H2,1H3. The number of hydrogen-bond acceptors (Lipinski definition) is 3. The van der Waals surface area contributed by atoms with Gasteiger partial charge in [-0.25, -0.2) is 10.1 Å². The van der Waals surface area contributed by atoms with Gasteiger partial charge in [0.2, 0.25) is 0 Å². The van der Waals surface area contributed by atoms with E-state index in [0.29, 0.717) is 6.61 Å². The molecule has 0 unspecified atom stereocenters. The highest BCUT2D eigenvalue weighted by Gasteiger charge is 1.87. The molecular formula is C10H22O3Si. The Balaban J connectivity index is 2.96. The predicted molar refractivity (Wildman–Crippen MR) is 61.1 cm³/mol. The Morgan fingerprint density at radius 1 is 1.21 bits per heavy atom. The fourth-order valence-corrected chi connectivity index (χ4v) is 2.36. The zero-order chi connectivity index (χ0) is 10.5. The summed E-state index contributed by atoms with van der Waals surface area (Å²) in [5.74, 6) is 0. The Labute approximate surface area is 88.8 Å². The fraction of sp³-hybridized carbons (Fsp3) is 0.800. The molecule has 0 aliphatic heterocycles. The van der Waals surface area contributed by atoms with Crippen LogP contribution in [0.2, 0.25) is 12.1 Å². The molecular weight excluding hydrogens is 196 g/mol. The molecule has 0 fully saturated rings. The fourth-order valence-electron chi connectivity index (χ4n) is 1.22. The van der Waals surface area contributed by atoms with Crippen LogP contribution in [0.15, 0.2) is 12.2 Å². The van der Waals surface area contributed by atoms with Crippen LogP contribution < -0.4 is 0 Å². The molecule has 3 nitrogen and oxygen atoms in total. The van der Waals surface area contributed by atoms with Crippen LogP contribution in [-0.4, -0.2) is 21.4 Å². The van der Waals surface area contributed by atoms with Gasteiger partial charge in [-0.05, 0) is 19.3 Å². The van der Waals surface area contributed by atoms with Crippen LogP contribution in [0.3, 0.4) is 0 Å². The van der Waals surface area contributed by atoms with Gasteiger partial charge in [0, 0.05) is 9.52 Å². The van der Waals surface area contributed by atoms with E-state index in [1.54, 1.807) is 0 Å². The van der Waals surface area contributed by atoms with Crippen molar-refractivity contribution in [2.24, 2.45) is 0 Å². The first-order valence-corrected chi connectivity index (χ1v) is 7.49. The molecule has 0 bridgehead atoms. The quantitative estimate of drug-likeness (QED) is 0.201. The molecule has 0 aliphatic carbocycles.